The van der Waals surface area contributed by atoms with E-state index in [2.05, 4.69) is 0 Å². The quantitative estimate of drug-likeness (QED) is 0.616. The van der Waals surface area contributed by atoms with E-state index in [9.17, 15) is 4.79 Å². The Hall–Kier alpha value is -2.59. The molecule has 24 heavy (non-hydrogen) atoms. The third-order valence-electron chi connectivity index (χ3n) is 3.85. The van der Waals surface area contributed by atoms with E-state index in [0.717, 1.165) is 27.5 Å². The van der Waals surface area contributed by atoms with Crippen molar-refractivity contribution in [2.45, 2.75) is 6.92 Å². The molecule has 0 amide bonds. The van der Waals surface area contributed by atoms with Crippen LogP contribution in [0.2, 0.25) is 0 Å². The molecule has 4 heteroatoms. The van der Waals surface area contributed by atoms with Gasteiger partial charge in [0, 0.05) is 10.4 Å². The van der Waals surface area contributed by atoms with Crippen molar-refractivity contribution in [3.63, 3.8) is 0 Å². The van der Waals surface area contributed by atoms with E-state index >= 15 is 0 Å². The van der Waals surface area contributed by atoms with E-state index in [1.165, 1.54) is 11.3 Å². The molecule has 0 bridgehead atoms. The van der Waals surface area contributed by atoms with Gasteiger partial charge in [-0.1, -0.05) is 24.3 Å². The predicted molar refractivity (Wildman–Crippen MR) is 97.5 cm³/mol. The number of carbonyl (C=O) groups excluding carboxylic acids is 1. The van der Waals surface area contributed by atoms with Gasteiger partial charge in [-0.25, -0.2) is 0 Å². The van der Waals surface area contributed by atoms with Crippen LogP contribution in [0.1, 0.15) is 20.8 Å². The maximum Gasteiger partial charge on any atom is 0.203 e. The van der Waals surface area contributed by atoms with Gasteiger partial charge >= 0.3 is 0 Å². The summed E-state index contributed by atoms with van der Waals surface area (Å²) in [5.74, 6) is 1.54. The fraction of sp³-hybridized carbons (Fsp3) is 0.150. The van der Waals surface area contributed by atoms with Gasteiger partial charge in [-0.3, -0.25) is 4.79 Å². The molecule has 0 aliphatic rings. The second-order valence-corrected chi connectivity index (χ2v) is 6.49. The smallest absolute Gasteiger partial charge is 0.203 e. The van der Waals surface area contributed by atoms with Gasteiger partial charge in [0.05, 0.1) is 19.1 Å². The molecule has 0 radical (unpaired) electrons. The zero-order chi connectivity index (χ0) is 17.1. The fourth-order valence-electron chi connectivity index (χ4n) is 2.49. The van der Waals surface area contributed by atoms with Crippen LogP contribution in [0.15, 0.2) is 54.6 Å². The summed E-state index contributed by atoms with van der Waals surface area (Å²) in [5, 5.41) is 0. The van der Waals surface area contributed by atoms with Crippen molar-refractivity contribution in [2.75, 3.05) is 14.2 Å². The lowest BCUT2D eigenvalue weighted by Crippen LogP contribution is -1.99. The monoisotopic (exact) mass is 338 g/mol. The number of carbonyl (C=O) groups is 1. The molecule has 0 spiro atoms. The Balaban J connectivity index is 1.91. The molecule has 0 aliphatic heterocycles. The van der Waals surface area contributed by atoms with Crippen LogP contribution in [-0.2, 0) is 0 Å². The summed E-state index contributed by atoms with van der Waals surface area (Å²) < 4.78 is 10.6. The summed E-state index contributed by atoms with van der Waals surface area (Å²) in [6, 6.07) is 17.2. The Morgan fingerprint density at radius 2 is 1.79 bits per heavy atom. The number of benzene rings is 2. The van der Waals surface area contributed by atoms with Gasteiger partial charge in [0.15, 0.2) is 0 Å². The van der Waals surface area contributed by atoms with E-state index in [-0.39, 0.29) is 5.78 Å². The maximum atomic E-state index is 12.7. The first-order chi connectivity index (χ1) is 11.6. The highest BCUT2D eigenvalue weighted by molar-refractivity contribution is 7.17. The first-order valence-electron chi connectivity index (χ1n) is 7.56. The van der Waals surface area contributed by atoms with Crippen molar-refractivity contribution in [1.82, 2.24) is 0 Å². The lowest BCUT2D eigenvalue weighted by atomic mass is 10.1. The minimum Gasteiger partial charge on any atom is -0.497 e. The summed E-state index contributed by atoms with van der Waals surface area (Å²) in [6.45, 7) is 1.96. The summed E-state index contributed by atoms with van der Waals surface area (Å²) in [5.41, 5.74) is 2.69. The molecule has 0 saturated carbocycles. The van der Waals surface area contributed by atoms with Crippen LogP contribution in [0.4, 0.5) is 0 Å². The molecule has 1 heterocycles. The first kappa shape index (κ1) is 16.3. The molecule has 0 unspecified atom stereocenters. The Morgan fingerprint density at radius 3 is 2.54 bits per heavy atom. The fourth-order valence-corrected chi connectivity index (χ4v) is 3.46. The molecule has 0 saturated heterocycles. The lowest BCUT2D eigenvalue weighted by molar-refractivity contribution is 0.104. The second-order valence-electron chi connectivity index (χ2n) is 5.41. The van der Waals surface area contributed by atoms with Crippen molar-refractivity contribution in [1.29, 1.82) is 0 Å². The maximum absolute atomic E-state index is 12.7. The normalized spacial score (nSPS) is 10.5. The number of hydrogen-bond donors (Lipinski definition) is 0. The Labute approximate surface area is 145 Å². The largest absolute Gasteiger partial charge is 0.497 e. The molecule has 1 aromatic heterocycles. The summed E-state index contributed by atoms with van der Waals surface area (Å²) in [4.78, 5) is 14.5. The van der Waals surface area contributed by atoms with Gasteiger partial charge in [-0.2, -0.15) is 0 Å². The van der Waals surface area contributed by atoms with Gasteiger partial charge in [-0.05, 0) is 48.4 Å². The van der Waals surface area contributed by atoms with Gasteiger partial charge in [0.25, 0.3) is 0 Å². The SMILES string of the molecule is COc1cccc(-c2ccc(C(=O)c3ccc(C)c(OC)c3)s2)c1. The van der Waals surface area contributed by atoms with E-state index in [1.54, 1.807) is 20.3 Å². The van der Waals surface area contributed by atoms with Crippen molar-refractivity contribution in [2.24, 2.45) is 0 Å². The molecule has 3 nitrogen and oxygen atoms in total. The number of ether oxygens (including phenoxy) is 2. The van der Waals surface area contributed by atoms with Gasteiger partial charge in [0.1, 0.15) is 11.5 Å². The minimum atomic E-state index is 0.00689. The zero-order valence-corrected chi connectivity index (χ0v) is 14.6. The molecular formula is C20H18O3S. The third kappa shape index (κ3) is 3.19. The van der Waals surface area contributed by atoms with Crippen molar-refractivity contribution in [3.05, 3.63) is 70.6 Å². The molecule has 0 fully saturated rings. The number of ketones is 1. The highest BCUT2D eigenvalue weighted by atomic mass is 32.1. The number of thiophene rings is 1. The van der Waals surface area contributed by atoms with E-state index in [0.29, 0.717) is 10.4 Å². The second kappa shape index (κ2) is 6.89. The zero-order valence-electron chi connectivity index (χ0n) is 13.8. The van der Waals surface area contributed by atoms with Crippen molar-refractivity contribution >= 4 is 17.1 Å². The van der Waals surface area contributed by atoms with Crippen LogP contribution in [0.5, 0.6) is 11.5 Å². The average molecular weight is 338 g/mol. The van der Waals surface area contributed by atoms with Gasteiger partial charge in [-0.15, -0.1) is 11.3 Å². The van der Waals surface area contributed by atoms with Crippen LogP contribution >= 0.6 is 11.3 Å². The molecule has 0 N–H and O–H groups in total. The highest BCUT2D eigenvalue weighted by Crippen LogP contribution is 2.32. The van der Waals surface area contributed by atoms with Crippen molar-refractivity contribution in [3.8, 4) is 21.9 Å². The van der Waals surface area contributed by atoms with Crippen LogP contribution in [0.3, 0.4) is 0 Å². The third-order valence-corrected chi connectivity index (χ3v) is 4.99. The standard InChI is InChI=1S/C20H18O3S/c1-13-7-8-15(12-17(13)23-3)20(21)19-10-9-18(24-19)14-5-4-6-16(11-14)22-2/h4-12H,1-3H3. The summed E-state index contributed by atoms with van der Waals surface area (Å²) in [6.07, 6.45) is 0. The molecule has 3 rings (SSSR count). The minimum absolute atomic E-state index is 0.00689. The molecule has 122 valence electrons. The van der Waals surface area contributed by atoms with Crippen LogP contribution in [0, 0.1) is 6.92 Å². The highest BCUT2D eigenvalue weighted by Gasteiger charge is 2.14. The molecule has 2 aromatic carbocycles. The lowest BCUT2D eigenvalue weighted by Gasteiger charge is -2.06. The Morgan fingerprint density at radius 1 is 0.958 bits per heavy atom. The molecule has 3 aromatic rings. The summed E-state index contributed by atoms with van der Waals surface area (Å²) in [7, 11) is 3.26. The Bertz CT molecular complexity index is 880. The summed E-state index contributed by atoms with van der Waals surface area (Å²) >= 11 is 1.48. The number of methoxy groups -OCH3 is 2. The van der Waals surface area contributed by atoms with E-state index in [4.69, 9.17) is 9.47 Å². The van der Waals surface area contributed by atoms with Crippen LogP contribution in [-0.4, -0.2) is 20.0 Å². The number of aryl methyl sites for hydroxylation is 1. The van der Waals surface area contributed by atoms with Crippen LogP contribution < -0.4 is 9.47 Å². The van der Waals surface area contributed by atoms with E-state index in [1.807, 2.05) is 55.5 Å². The molecular weight excluding hydrogens is 320 g/mol. The molecule has 0 atom stereocenters. The van der Waals surface area contributed by atoms with Crippen LogP contribution in [0.25, 0.3) is 10.4 Å². The van der Waals surface area contributed by atoms with Crippen molar-refractivity contribution < 1.29 is 14.3 Å². The topological polar surface area (TPSA) is 35.5 Å². The van der Waals surface area contributed by atoms with Gasteiger partial charge < -0.3 is 9.47 Å². The predicted octanol–water partition coefficient (Wildman–Crippen LogP) is 4.97. The van der Waals surface area contributed by atoms with E-state index < -0.39 is 0 Å². The molecule has 0 aliphatic carbocycles. The number of rotatable bonds is 5. The van der Waals surface area contributed by atoms with Gasteiger partial charge in [0.2, 0.25) is 5.78 Å². The Kier molecular flexibility index (Phi) is 4.67. The number of hydrogen-bond acceptors (Lipinski definition) is 4. The average Bonchev–Trinajstić information content (AvgIpc) is 3.11. The first-order valence-corrected chi connectivity index (χ1v) is 8.37.